The summed E-state index contributed by atoms with van der Waals surface area (Å²) in [6, 6.07) is 6.44. The molecule has 2 aliphatic rings. The molecular weight excluding hydrogens is 272 g/mol. The topological polar surface area (TPSA) is 82.4 Å². The third-order valence-electron chi connectivity index (χ3n) is 4.29. The summed E-state index contributed by atoms with van der Waals surface area (Å²) < 4.78 is 5.60. The minimum atomic E-state index is -0.788. The van der Waals surface area contributed by atoms with Gasteiger partial charge in [-0.25, -0.2) is 4.99 Å². The van der Waals surface area contributed by atoms with E-state index in [9.17, 15) is 9.90 Å². The van der Waals surface area contributed by atoms with Crippen molar-refractivity contribution in [1.29, 1.82) is 0 Å². The van der Waals surface area contributed by atoms with Crippen LogP contribution in [0.3, 0.4) is 0 Å². The maximum absolute atomic E-state index is 11.2. The van der Waals surface area contributed by atoms with Crippen molar-refractivity contribution in [3.05, 3.63) is 29.8 Å². The minimum Gasteiger partial charge on any atom is -0.507 e. The highest BCUT2D eigenvalue weighted by Gasteiger charge is 2.41. The van der Waals surface area contributed by atoms with Gasteiger partial charge in [0.25, 0.3) is 0 Å². The summed E-state index contributed by atoms with van der Waals surface area (Å²) in [6.07, 6.45) is 1.42. The van der Waals surface area contributed by atoms with Crippen LogP contribution in [0.1, 0.15) is 18.4 Å². The number of phenols is 1. The van der Waals surface area contributed by atoms with Crippen LogP contribution in [0.5, 0.6) is 5.75 Å². The molecular formula is C15H18N2O4. The summed E-state index contributed by atoms with van der Waals surface area (Å²) in [4.78, 5) is 17.6. The molecule has 2 N–H and O–H groups in total. The molecule has 0 radical (unpaired) electrons. The molecule has 6 nitrogen and oxygen atoms in total. The van der Waals surface area contributed by atoms with Crippen LogP contribution in [0.4, 0.5) is 0 Å². The molecule has 0 saturated carbocycles. The second-order valence-corrected chi connectivity index (χ2v) is 5.49. The molecule has 112 valence electrons. The van der Waals surface area contributed by atoms with Gasteiger partial charge in [0.1, 0.15) is 24.4 Å². The molecule has 0 spiro atoms. The fourth-order valence-corrected chi connectivity index (χ4v) is 3.12. The molecule has 1 saturated heterocycles. The van der Waals surface area contributed by atoms with Crippen LogP contribution < -0.4 is 0 Å². The number of nitrogens with zero attached hydrogens (tertiary/aromatic N) is 2. The molecule has 0 bridgehead atoms. The van der Waals surface area contributed by atoms with E-state index < -0.39 is 12.0 Å². The predicted molar refractivity (Wildman–Crippen MR) is 76.6 cm³/mol. The number of para-hydroxylation sites is 1. The standard InChI is InChI=1S/C15H18N2O4/c1-17-11(6-7-12(17)15(19)20)10-8-21-14(16-10)9-4-2-3-5-13(9)18/h2-5,10-12,18H,6-8H2,1H3,(H,19,20)/t10-,11+,12+/m0/s1. The van der Waals surface area contributed by atoms with Crippen LogP contribution >= 0.6 is 0 Å². The Kier molecular flexibility index (Phi) is 3.55. The maximum atomic E-state index is 11.2. The summed E-state index contributed by atoms with van der Waals surface area (Å²) in [5.41, 5.74) is 0.579. The van der Waals surface area contributed by atoms with Gasteiger partial charge in [0, 0.05) is 6.04 Å². The van der Waals surface area contributed by atoms with Crippen molar-refractivity contribution in [2.24, 2.45) is 4.99 Å². The Morgan fingerprint density at radius 2 is 2.14 bits per heavy atom. The van der Waals surface area contributed by atoms with E-state index in [1.54, 1.807) is 18.2 Å². The van der Waals surface area contributed by atoms with Crippen LogP contribution in [0.15, 0.2) is 29.3 Å². The van der Waals surface area contributed by atoms with Gasteiger partial charge in [0.2, 0.25) is 5.90 Å². The minimum absolute atomic E-state index is 0.0643. The van der Waals surface area contributed by atoms with Gasteiger partial charge in [-0.1, -0.05) is 12.1 Å². The third kappa shape index (κ3) is 2.47. The summed E-state index contributed by atoms with van der Waals surface area (Å²) in [7, 11) is 1.82. The monoisotopic (exact) mass is 290 g/mol. The van der Waals surface area contributed by atoms with Gasteiger partial charge in [0.05, 0.1) is 5.56 Å². The summed E-state index contributed by atoms with van der Waals surface area (Å²) >= 11 is 0. The lowest BCUT2D eigenvalue weighted by Gasteiger charge is -2.25. The van der Waals surface area contributed by atoms with Gasteiger partial charge in [-0.15, -0.1) is 0 Å². The number of likely N-dealkylation sites (N-methyl/N-ethyl adjacent to an activating group) is 1. The van der Waals surface area contributed by atoms with Crippen LogP contribution in [-0.2, 0) is 9.53 Å². The van der Waals surface area contributed by atoms with E-state index in [1.165, 1.54) is 0 Å². The first-order chi connectivity index (χ1) is 10.1. The Bertz CT molecular complexity index is 587. The van der Waals surface area contributed by atoms with Gasteiger partial charge in [0.15, 0.2) is 0 Å². The lowest BCUT2D eigenvalue weighted by atomic mass is 10.1. The maximum Gasteiger partial charge on any atom is 0.320 e. The quantitative estimate of drug-likeness (QED) is 0.870. The second kappa shape index (κ2) is 5.37. The van der Waals surface area contributed by atoms with Crippen molar-refractivity contribution in [2.75, 3.05) is 13.7 Å². The molecule has 0 amide bonds. The average molecular weight is 290 g/mol. The van der Waals surface area contributed by atoms with Crippen molar-refractivity contribution < 1.29 is 19.7 Å². The van der Waals surface area contributed by atoms with Gasteiger partial charge in [-0.2, -0.15) is 0 Å². The molecule has 21 heavy (non-hydrogen) atoms. The first-order valence-corrected chi connectivity index (χ1v) is 7.01. The Morgan fingerprint density at radius 3 is 2.81 bits per heavy atom. The number of aliphatic carboxylic acids is 1. The first-order valence-electron chi connectivity index (χ1n) is 7.01. The van der Waals surface area contributed by atoms with Crippen molar-refractivity contribution >= 4 is 11.9 Å². The second-order valence-electron chi connectivity index (χ2n) is 5.49. The average Bonchev–Trinajstić information content (AvgIpc) is 3.05. The van der Waals surface area contributed by atoms with Crippen LogP contribution in [0.25, 0.3) is 0 Å². The van der Waals surface area contributed by atoms with Crippen LogP contribution in [0, 0.1) is 0 Å². The zero-order chi connectivity index (χ0) is 15.0. The Morgan fingerprint density at radius 1 is 1.38 bits per heavy atom. The molecule has 2 aliphatic heterocycles. The summed E-state index contributed by atoms with van der Waals surface area (Å²) in [5.74, 6) is -0.214. The number of aromatic hydroxyl groups is 1. The van der Waals surface area contributed by atoms with Gasteiger partial charge < -0.3 is 14.9 Å². The van der Waals surface area contributed by atoms with E-state index in [-0.39, 0.29) is 17.8 Å². The largest absolute Gasteiger partial charge is 0.507 e. The number of carbonyl (C=O) groups is 1. The van der Waals surface area contributed by atoms with E-state index >= 15 is 0 Å². The van der Waals surface area contributed by atoms with Crippen molar-refractivity contribution in [3.63, 3.8) is 0 Å². The van der Waals surface area contributed by atoms with Crippen molar-refractivity contribution in [2.45, 2.75) is 31.0 Å². The van der Waals surface area contributed by atoms with Gasteiger partial charge >= 0.3 is 5.97 Å². The normalized spacial score (nSPS) is 29.2. The van der Waals surface area contributed by atoms with Crippen LogP contribution in [-0.4, -0.2) is 58.8 Å². The number of rotatable bonds is 3. The molecule has 0 aliphatic carbocycles. The Hall–Kier alpha value is -2.08. The molecule has 3 atom stereocenters. The highest BCUT2D eigenvalue weighted by molar-refractivity contribution is 5.97. The number of likely N-dealkylation sites (tertiary alicyclic amines) is 1. The van der Waals surface area contributed by atoms with E-state index in [2.05, 4.69) is 4.99 Å². The fraction of sp³-hybridized carbons (Fsp3) is 0.467. The summed E-state index contributed by atoms with van der Waals surface area (Å²) in [5, 5.41) is 19.0. The van der Waals surface area contributed by atoms with E-state index in [1.807, 2.05) is 18.0 Å². The number of ether oxygens (including phenoxy) is 1. The number of aliphatic imine (C=N–C) groups is 1. The molecule has 0 unspecified atom stereocenters. The molecule has 1 aromatic carbocycles. The molecule has 2 heterocycles. The molecule has 1 aromatic rings. The lowest BCUT2D eigenvalue weighted by molar-refractivity contribution is -0.142. The highest BCUT2D eigenvalue weighted by atomic mass is 16.5. The smallest absolute Gasteiger partial charge is 0.320 e. The summed E-state index contributed by atoms with van der Waals surface area (Å²) in [6.45, 7) is 0.422. The molecule has 3 rings (SSSR count). The van der Waals surface area contributed by atoms with Crippen molar-refractivity contribution in [3.8, 4) is 5.75 Å². The number of hydrogen-bond acceptors (Lipinski definition) is 5. The molecule has 1 fully saturated rings. The highest BCUT2D eigenvalue weighted by Crippen LogP contribution is 2.30. The number of hydrogen-bond donors (Lipinski definition) is 2. The van der Waals surface area contributed by atoms with E-state index in [4.69, 9.17) is 9.84 Å². The fourth-order valence-electron chi connectivity index (χ4n) is 3.12. The Balaban J connectivity index is 1.78. The van der Waals surface area contributed by atoms with Gasteiger partial charge in [-0.3, -0.25) is 9.69 Å². The number of benzene rings is 1. The SMILES string of the molecule is CN1[C@@H](C(=O)O)CC[C@@H]1[C@@H]1COC(c2ccccc2O)=N1. The molecule has 0 aromatic heterocycles. The third-order valence-corrected chi connectivity index (χ3v) is 4.29. The predicted octanol–water partition coefficient (Wildman–Crippen LogP) is 1.08. The van der Waals surface area contributed by atoms with Gasteiger partial charge in [-0.05, 0) is 32.0 Å². The Labute approximate surface area is 122 Å². The van der Waals surface area contributed by atoms with Crippen LogP contribution in [0.2, 0.25) is 0 Å². The lowest BCUT2D eigenvalue weighted by Crippen LogP contribution is -2.43. The zero-order valence-corrected chi connectivity index (χ0v) is 11.8. The number of phenolic OH excluding ortho intramolecular Hbond substituents is 1. The zero-order valence-electron chi connectivity index (χ0n) is 11.8. The van der Waals surface area contributed by atoms with Crippen molar-refractivity contribution in [1.82, 2.24) is 4.90 Å². The van der Waals surface area contributed by atoms with E-state index in [0.717, 1.165) is 6.42 Å². The first kappa shape index (κ1) is 13.9. The number of carboxylic acids is 1. The molecule has 6 heteroatoms. The number of carboxylic acid groups (broad SMARTS) is 1. The van der Waals surface area contributed by atoms with E-state index in [0.29, 0.717) is 24.5 Å².